The van der Waals surface area contributed by atoms with E-state index in [1.54, 1.807) is 0 Å². The van der Waals surface area contributed by atoms with Crippen LogP contribution in [0.15, 0.2) is 0 Å². The van der Waals surface area contributed by atoms with Gasteiger partial charge in [0.2, 0.25) is 0 Å². The van der Waals surface area contributed by atoms with Crippen molar-refractivity contribution in [3.05, 3.63) is 0 Å². The van der Waals surface area contributed by atoms with Crippen LogP contribution in [0.1, 0.15) is 66.7 Å². The molecule has 0 aromatic carbocycles. The molecule has 0 amide bonds. The Bertz CT molecular complexity index is 227. The van der Waals surface area contributed by atoms with Crippen LogP contribution < -0.4 is 5.32 Å². The van der Waals surface area contributed by atoms with Crippen LogP contribution in [0.4, 0.5) is 0 Å². The number of hydrogen-bond acceptors (Lipinski definition) is 2. The summed E-state index contributed by atoms with van der Waals surface area (Å²) in [5, 5.41) is 3.81. The molecule has 4 atom stereocenters. The molecule has 19 heavy (non-hydrogen) atoms. The molecule has 4 unspecified atom stereocenters. The first-order chi connectivity index (χ1) is 9.12. The Balaban J connectivity index is 2.64. The monoisotopic (exact) mass is 268 g/mol. The van der Waals surface area contributed by atoms with E-state index in [1.165, 1.54) is 51.7 Å². The highest BCUT2D eigenvalue weighted by Crippen LogP contribution is 2.28. The molecular weight excluding hydrogens is 232 g/mol. The summed E-state index contributed by atoms with van der Waals surface area (Å²) < 4.78 is 0. The molecule has 0 aromatic rings. The van der Waals surface area contributed by atoms with Crippen molar-refractivity contribution >= 4 is 0 Å². The van der Waals surface area contributed by atoms with Crippen LogP contribution in [0, 0.1) is 11.8 Å². The van der Waals surface area contributed by atoms with Gasteiger partial charge in [-0.05, 0) is 50.6 Å². The lowest BCUT2D eigenvalue weighted by molar-refractivity contribution is 0.0921. The molecule has 1 fully saturated rings. The fourth-order valence-corrected chi connectivity index (χ4v) is 3.35. The average Bonchev–Trinajstić information content (AvgIpc) is 2.43. The van der Waals surface area contributed by atoms with Gasteiger partial charge in [0.1, 0.15) is 0 Å². The molecule has 1 aliphatic carbocycles. The quantitative estimate of drug-likeness (QED) is 0.718. The van der Waals surface area contributed by atoms with E-state index in [2.05, 4.69) is 44.8 Å². The van der Waals surface area contributed by atoms with E-state index in [0.29, 0.717) is 0 Å². The van der Waals surface area contributed by atoms with Crippen molar-refractivity contribution in [1.29, 1.82) is 0 Å². The van der Waals surface area contributed by atoms with Gasteiger partial charge in [-0.15, -0.1) is 0 Å². The van der Waals surface area contributed by atoms with Gasteiger partial charge in [-0.25, -0.2) is 0 Å². The number of nitrogens with zero attached hydrogens (tertiary/aromatic N) is 1. The lowest BCUT2D eigenvalue weighted by Crippen LogP contribution is -2.54. The number of hydrogen-bond donors (Lipinski definition) is 1. The van der Waals surface area contributed by atoms with Crippen LogP contribution in [-0.4, -0.2) is 36.6 Å². The topological polar surface area (TPSA) is 15.3 Å². The normalized spacial score (nSPS) is 29.7. The first-order valence-electron chi connectivity index (χ1n) is 8.59. The molecule has 0 bridgehead atoms. The maximum atomic E-state index is 3.81. The van der Waals surface area contributed by atoms with Crippen molar-refractivity contribution in [3.8, 4) is 0 Å². The van der Waals surface area contributed by atoms with E-state index in [-0.39, 0.29) is 0 Å². The molecule has 114 valence electrons. The molecule has 0 spiro atoms. The van der Waals surface area contributed by atoms with Gasteiger partial charge in [0, 0.05) is 18.6 Å². The zero-order valence-corrected chi connectivity index (χ0v) is 13.9. The van der Waals surface area contributed by atoms with E-state index in [0.717, 1.165) is 23.9 Å². The van der Waals surface area contributed by atoms with Gasteiger partial charge >= 0.3 is 0 Å². The van der Waals surface area contributed by atoms with Gasteiger partial charge in [-0.2, -0.15) is 0 Å². The van der Waals surface area contributed by atoms with Crippen LogP contribution in [0.2, 0.25) is 0 Å². The van der Waals surface area contributed by atoms with Crippen LogP contribution in [0.5, 0.6) is 0 Å². The lowest BCUT2D eigenvalue weighted by Gasteiger charge is -2.43. The first-order valence-corrected chi connectivity index (χ1v) is 8.59. The van der Waals surface area contributed by atoms with Crippen molar-refractivity contribution < 1.29 is 0 Å². The van der Waals surface area contributed by atoms with Crippen molar-refractivity contribution in [3.63, 3.8) is 0 Å². The summed E-state index contributed by atoms with van der Waals surface area (Å²) in [5.41, 5.74) is 0. The van der Waals surface area contributed by atoms with Crippen LogP contribution in [-0.2, 0) is 0 Å². The number of likely N-dealkylation sites (N-methyl/N-ethyl adjacent to an activating group) is 1. The molecule has 2 nitrogen and oxygen atoms in total. The summed E-state index contributed by atoms with van der Waals surface area (Å²) in [5.74, 6) is 1.72. The molecule has 0 aliphatic heterocycles. The SMILES string of the molecule is CCCNC1CCC(C)CC1N(CC)CC(C)CC. The molecule has 2 heteroatoms. The molecule has 0 heterocycles. The first kappa shape index (κ1) is 17.0. The highest BCUT2D eigenvalue weighted by atomic mass is 15.2. The maximum Gasteiger partial charge on any atom is 0.0251 e. The predicted octanol–water partition coefficient (Wildman–Crippen LogP) is 3.91. The minimum atomic E-state index is 0.722. The largest absolute Gasteiger partial charge is 0.312 e. The Kier molecular flexibility index (Phi) is 8.01. The van der Waals surface area contributed by atoms with Gasteiger partial charge in [-0.3, -0.25) is 4.90 Å². The molecular formula is C17H36N2. The third-order valence-corrected chi connectivity index (χ3v) is 4.85. The Labute approximate surface area is 121 Å². The molecule has 1 saturated carbocycles. The zero-order chi connectivity index (χ0) is 14.3. The Morgan fingerprint density at radius 3 is 2.53 bits per heavy atom. The molecule has 0 aromatic heterocycles. The summed E-state index contributed by atoms with van der Waals surface area (Å²) >= 11 is 0. The second kappa shape index (κ2) is 8.97. The van der Waals surface area contributed by atoms with E-state index in [4.69, 9.17) is 0 Å². The van der Waals surface area contributed by atoms with Crippen LogP contribution in [0.3, 0.4) is 0 Å². The lowest BCUT2D eigenvalue weighted by atomic mass is 9.82. The van der Waals surface area contributed by atoms with E-state index < -0.39 is 0 Å². The number of rotatable bonds is 8. The van der Waals surface area contributed by atoms with Crippen molar-refractivity contribution in [2.24, 2.45) is 11.8 Å². The predicted molar refractivity (Wildman–Crippen MR) is 85.6 cm³/mol. The third kappa shape index (κ3) is 5.43. The third-order valence-electron chi connectivity index (χ3n) is 4.85. The molecule has 1 N–H and O–H groups in total. The fourth-order valence-electron chi connectivity index (χ4n) is 3.35. The molecule has 0 saturated heterocycles. The second-order valence-corrected chi connectivity index (χ2v) is 6.65. The standard InChI is InChI=1S/C17H36N2/c1-6-11-18-16-10-9-15(5)12-17(16)19(8-3)13-14(4)7-2/h14-18H,6-13H2,1-5H3. The number of nitrogens with one attached hydrogen (secondary N) is 1. The summed E-state index contributed by atoms with van der Waals surface area (Å²) in [7, 11) is 0. The van der Waals surface area contributed by atoms with Gasteiger partial charge in [-0.1, -0.05) is 41.0 Å². The van der Waals surface area contributed by atoms with Gasteiger partial charge in [0.15, 0.2) is 0 Å². The Hall–Kier alpha value is -0.0800. The highest BCUT2D eigenvalue weighted by Gasteiger charge is 2.32. The second-order valence-electron chi connectivity index (χ2n) is 6.65. The van der Waals surface area contributed by atoms with E-state index in [1.807, 2.05) is 0 Å². The highest BCUT2D eigenvalue weighted by molar-refractivity contribution is 4.90. The van der Waals surface area contributed by atoms with Gasteiger partial charge in [0.05, 0.1) is 0 Å². The molecule has 0 radical (unpaired) electrons. The summed E-state index contributed by atoms with van der Waals surface area (Å²) in [6.45, 7) is 15.4. The molecule has 1 rings (SSSR count). The van der Waals surface area contributed by atoms with Crippen LogP contribution in [0.25, 0.3) is 0 Å². The summed E-state index contributed by atoms with van der Waals surface area (Å²) in [6.07, 6.45) is 6.69. The van der Waals surface area contributed by atoms with Gasteiger partial charge < -0.3 is 5.32 Å². The summed E-state index contributed by atoms with van der Waals surface area (Å²) in [6, 6.07) is 1.48. The van der Waals surface area contributed by atoms with Crippen molar-refractivity contribution in [2.75, 3.05) is 19.6 Å². The van der Waals surface area contributed by atoms with Crippen molar-refractivity contribution in [1.82, 2.24) is 10.2 Å². The minimum absolute atomic E-state index is 0.722. The van der Waals surface area contributed by atoms with E-state index >= 15 is 0 Å². The maximum absolute atomic E-state index is 3.81. The van der Waals surface area contributed by atoms with E-state index in [9.17, 15) is 0 Å². The Morgan fingerprint density at radius 1 is 1.21 bits per heavy atom. The smallest absolute Gasteiger partial charge is 0.0251 e. The Morgan fingerprint density at radius 2 is 1.95 bits per heavy atom. The van der Waals surface area contributed by atoms with Crippen LogP contribution >= 0.6 is 0 Å². The summed E-state index contributed by atoms with van der Waals surface area (Å²) in [4.78, 5) is 2.75. The average molecular weight is 268 g/mol. The molecule has 1 aliphatic rings. The zero-order valence-electron chi connectivity index (χ0n) is 13.9. The fraction of sp³-hybridized carbons (Fsp3) is 1.00. The van der Waals surface area contributed by atoms with Gasteiger partial charge in [0.25, 0.3) is 0 Å². The van der Waals surface area contributed by atoms with Crippen molar-refractivity contribution in [2.45, 2.75) is 78.8 Å². The minimum Gasteiger partial charge on any atom is -0.312 e.